The molecule has 0 unspecified atom stereocenters. The van der Waals surface area contributed by atoms with Crippen LogP contribution >= 0.6 is 0 Å². The molecule has 0 aromatic rings. The summed E-state index contributed by atoms with van der Waals surface area (Å²) in [6, 6.07) is 0. The normalized spacial score (nSPS) is 50.2. The summed E-state index contributed by atoms with van der Waals surface area (Å²) in [4.78, 5) is 0. The lowest BCUT2D eigenvalue weighted by atomic mass is 10.0. The van der Waals surface area contributed by atoms with Crippen molar-refractivity contribution in [3.05, 3.63) is 0 Å². The van der Waals surface area contributed by atoms with Crippen LogP contribution in [-0.4, -0.2) is 62.8 Å². The monoisotopic (exact) mass is 180 g/mol. The molecular weight excluding hydrogens is 168 g/mol. The fourth-order valence-electron chi connectivity index (χ4n) is 0.993. The molecule has 12 heavy (non-hydrogen) atoms. The van der Waals surface area contributed by atoms with Crippen molar-refractivity contribution in [2.45, 2.75) is 30.7 Å². The molecule has 72 valence electrons. The summed E-state index contributed by atoms with van der Waals surface area (Å²) in [6.45, 7) is -0.323. The summed E-state index contributed by atoms with van der Waals surface area (Å²) in [5.74, 6) is 0. The SMILES string of the molecule is O[C@H]1[C@@H](O)[C@H](O)CO[C@@H](O)[C@H]1O. The average molecular weight is 180 g/mol. The number of hydrogen-bond acceptors (Lipinski definition) is 6. The number of rotatable bonds is 0. The van der Waals surface area contributed by atoms with E-state index < -0.39 is 30.7 Å². The van der Waals surface area contributed by atoms with E-state index in [9.17, 15) is 0 Å². The summed E-state index contributed by atoms with van der Waals surface area (Å²) in [5, 5.41) is 45.1. The van der Waals surface area contributed by atoms with Crippen molar-refractivity contribution in [1.29, 1.82) is 0 Å². The van der Waals surface area contributed by atoms with Crippen molar-refractivity contribution in [3.8, 4) is 0 Å². The molecule has 1 rings (SSSR count). The largest absolute Gasteiger partial charge is 0.388 e. The maximum atomic E-state index is 9.07. The van der Waals surface area contributed by atoms with Crippen LogP contribution in [0.1, 0.15) is 0 Å². The average Bonchev–Trinajstić information content (AvgIpc) is 2.14. The van der Waals surface area contributed by atoms with Crippen molar-refractivity contribution in [1.82, 2.24) is 0 Å². The third-order valence-corrected chi connectivity index (χ3v) is 1.82. The second-order valence-corrected chi connectivity index (χ2v) is 2.76. The van der Waals surface area contributed by atoms with Crippen LogP contribution in [0.15, 0.2) is 0 Å². The molecule has 0 saturated carbocycles. The minimum atomic E-state index is -1.60. The molecule has 0 radical (unpaired) electrons. The Balaban J connectivity index is 2.68. The zero-order valence-corrected chi connectivity index (χ0v) is 6.24. The van der Waals surface area contributed by atoms with E-state index in [0.29, 0.717) is 0 Å². The molecule has 0 amide bonds. The zero-order chi connectivity index (χ0) is 9.30. The van der Waals surface area contributed by atoms with Crippen LogP contribution in [0.5, 0.6) is 0 Å². The first-order valence-electron chi connectivity index (χ1n) is 3.56. The molecule has 1 aliphatic heterocycles. The molecule has 6 nitrogen and oxygen atoms in total. The Morgan fingerprint density at radius 1 is 0.833 bits per heavy atom. The van der Waals surface area contributed by atoms with Gasteiger partial charge in [-0.2, -0.15) is 0 Å². The van der Waals surface area contributed by atoms with Crippen molar-refractivity contribution >= 4 is 0 Å². The molecular formula is C6H12O6. The molecule has 0 aromatic carbocycles. The Hall–Kier alpha value is -0.240. The van der Waals surface area contributed by atoms with Gasteiger partial charge in [0, 0.05) is 0 Å². The lowest BCUT2D eigenvalue weighted by Crippen LogP contribution is -2.46. The van der Waals surface area contributed by atoms with E-state index in [0.717, 1.165) is 0 Å². The first-order chi connectivity index (χ1) is 5.54. The molecule has 1 saturated heterocycles. The van der Waals surface area contributed by atoms with Crippen LogP contribution in [0.3, 0.4) is 0 Å². The van der Waals surface area contributed by atoms with E-state index in [4.69, 9.17) is 25.5 Å². The highest BCUT2D eigenvalue weighted by Crippen LogP contribution is 2.14. The number of hydrogen-bond donors (Lipinski definition) is 5. The summed E-state index contributed by atoms with van der Waals surface area (Å²) in [5.41, 5.74) is 0. The van der Waals surface area contributed by atoms with Gasteiger partial charge in [-0.1, -0.05) is 0 Å². The van der Waals surface area contributed by atoms with Crippen LogP contribution in [0.25, 0.3) is 0 Å². The molecule has 5 N–H and O–H groups in total. The molecule has 5 atom stereocenters. The van der Waals surface area contributed by atoms with Crippen LogP contribution in [0.4, 0.5) is 0 Å². The highest BCUT2D eigenvalue weighted by molar-refractivity contribution is 4.85. The quantitative estimate of drug-likeness (QED) is 0.268. The summed E-state index contributed by atoms with van der Waals surface area (Å²) < 4.78 is 4.50. The van der Waals surface area contributed by atoms with E-state index in [1.165, 1.54) is 0 Å². The Labute approximate surface area is 68.6 Å². The molecule has 0 aliphatic carbocycles. The van der Waals surface area contributed by atoms with Crippen LogP contribution in [0, 0.1) is 0 Å². The maximum absolute atomic E-state index is 9.07. The predicted molar refractivity (Wildman–Crippen MR) is 36.0 cm³/mol. The van der Waals surface area contributed by atoms with Gasteiger partial charge in [0.1, 0.15) is 24.4 Å². The van der Waals surface area contributed by atoms with Crippen molar-refractivity contribution in [3.63, 3.8) is 0 Å². The molecule has 1 heterocycles. The first kappa shape index (κ1) is 9.85. The zero-order valence-electron chi connectivity index (χ0n) is 6.24. The Morgan fingerprint density at radius 3 is 2.00 bits per heavy atom. The Bertz CT molecular complexity index is 135. The van der Waals surface area contributed by atoms with Crippen molar-refractivity contribution in [2.24, 2.45) is 0 Å². The molecule has 0 spiro atoms. The van der Waals surface area contributed by atoms with Gasteiger partial charge in [-0.15, -0.1) is 0 Å². The lowest BCUT2D eigenvalue weighted by Gasteiger charge is -2.22. The smallest absolute Gasteiger partial charge is 0.183 e. The third kappa shape index (κ3) is 1.74. The number of ether oxygens (including phenoxy) is 1. The van der Waals surface area contributed by atoms with Gasteiger partial charge < -0.3 is 30.3 Å². The van der Waals surface area contributed by atoms with E-state index in [-0.39, 0.29) is 6.61 Å². The second kappa shape index (κ2) is 3.65. The van der Waals surface area contributed by atoms with Crippen LogP contribution < -0.4 is 0 Å². The minimum Gasteiger partial charge on any atom is -0.388 e. The van der Waals surface area contributed by atoms with Gasteiger partial charge >= 0.3 is 0 Å². The summed E-state index contributed by atoms with van der Waals surface area (Å²) in [7, 11) is 0. The number of aliphatic hydroxyl groups is 5. The Morgan fingerprint density at radius 2 is 1.42 bits per heavy atom. The standard InChI is InChI=1S/C6H12O6/c7-2-1-12-6(11)5(10)4(9)3(2)8/h2-11H,1H2/t2-,3+,4+,5+,6-/m1/s1. The van der Waals surface area contributed by atoms with E-state index >= 15 is 0 Å². The van der Waals surface area contributed by atoms with E-state index in [1.54, 1.807) is 0 Å². The van der Waals surface area contributed by atoms with Gasteiger partial charge in [-0.3, -0.25) is 0 Å². The summed E-state index contributed by atoms with van der Waals surface area (Å²) in [6.07, 6.45) is -7.58. The fourth-order valence-corrected chi connectivity index (χ4v) is 0.993. The Kier molecular flexibility index (Phi) is 2.99. The lowest BCUT2D eigenvalue weighted by molar-refractivity contribution is -0.181. The second-order valence-electron chi connectivity index (χ2n) is 2.76. The fraction of sp³-hybridized carbons (Fsp3) is 1.00. The van der Waals surface area contributed by atoms with Gasteiger partial charge in [-0.05, 0) is 0 Å². The van der Waals surface area contributed by atoms with E-state index in [2.05, 4.69) is 4.74 Å². The highest BCUT2D eigenvalue weighted by Gasteiger charge is 2.38. The van der Waals surface area contributed by atoms with Crippen LogP contribution in [-0.2, 0) is 4.74 Å². The minimum absolute atomic E-state index is 0.323. The topological polar surface area (TPSA) is 110 Å². The van der Waals surface area contributed by atoms with Crippen molar-refractivity contribution < 1.29 is 30.3 Å². The first-order valence-corrected chi connectivity index (χ1v) is 3.56. The maximum Gasteiger partial charge on any atom is 0.183 e. The van der Waals surface area contributed by atoms with Gasteiger partial charge in [0.05, 0.1) is 6.61 Å². The van der Waals surface area contributed by atoms with Gasteiger partial charge in [0.15, 0.2) is 6.29 Å². The number of aliphatic hydroxyl groups excluding tert-OH is 5. The molecule has 0 bridgehead atoms. The molecule has 1 aliphatic rings. The van der Waals surface area contributed by atoms with Gasteiger partial charge in [0.25, 0.3) is 0 Å². The molecule has 0 aromatic heterocycles. The third-order valence-electron chi connectivity index (χ3n) is 1.82. The predicted octanol–water partition coefficient (Wildman–Crippen LogP) is -3.22. The van der Waals surface area contributed by atoms with Gasteiger partial charge in [0.2, 0.25) is 0 Å². The van der Waals surface area contributed by atoms with Crippen molar-refractivity contribution in [2.75, 3.05) is 6.61 Å². The molecule has 6 heteroatoms. The molecule has 1 fully saturated rings. The van der Waals surface area contributed by atoms with Gasteiger partial charge in [-0.25, -0.2) is 0 Å². The summed E-state index contributed by atoms with van der Waals surface area (Å²) >= 11 is 0. The van der Waals surface area contributed by atoms with E-state index in [1.807, 2.05) is 0 Å². The highest BCUT2D eigenvalue weighted by atomic mass is 16.6. The van der Waals surface area contributed by atoms with Crippen LogP contribution in [0.2, 0.25) is 0 Å².